The molecule has 3 nitrogen and oxygen atoms in total. The lowest BCUT2D eigenvalue weighted by Crippen LogP contribution is -2.36. The van der Waals surface area contributed by atoms with Crippen LogP contribution in [0.1, 0.15) is 77.0 Å². The van der Waals surface area contributed by atoms with E-state index in [0.29, 0.717) is 11.8 Å². The van der Waals surface area contributed by atoms with Crippen LogP contribution in [0.5, 0.6) is 0 Å². The van der Waals surface area contributed by atoms with Crippen LogP contribution in [0.25, 0.3) is 0 Å². The van der Waals surface area contributed by atoms with E-state index in [1.807, 2.05) is 0 Å². The Morgan fingerprint density at radius 1 is 0.900 bits per heavy atom. The van der Waals surface area contributed by atoms with Gasteiger partial charge in [-0.25, -0.2) is 0 Å². The van der Waals surface area contributed by atoms with E-state index >= 15 is 0 Å². The molecule has 0 radical (unpaired) electrons. The van der Waals surface area contributed by atoms with E-state index in [0.717, 1.165) is 19.1 Å². The summed E-state index contributed by atoms with van der Waals surface area (Å²) in [5.74, 6) is 1.34. The first-order valence-electron chi connectivity index (χ1n) is 8.50. The molecular formula is C17H30N2O. The van der Waals surface area contributed by atoms with Gasteiger partial charge >= 0.3 is 0 Å². The van der Waals surface area contributed by atoms with Gasteiger partial charge in [0.2, 0.25) is 0 Å². The highest BCUT2D eigenvalue weighted by atomic mass is 16.1. The number of carbonyl (C=O) groups is 1. The number of nitrogens with zero attached hydrogens (tertiary/aromatic N) is 1. The van der Waals surface area contributed by atoms with E-state index in [2.05, 4.69) is 4.99 Å². The zero-order valence-corrected chi connectivity index (χ0v) is 12.7. The van der Waals surface area contributed by atoms with Crippen molar-refractivity contribution in [1.29, 1.82) is 0 Å². The van der Waals surface area contributed by atoms with Crippen molar-refractivity contribution < 1.29 is 4.79 Å². The van der Waals surface area contributed by atoms with Crippen molar-refractivity contribution in [3.8, 4) is 0 Å². The highest BCUT2D eigenvalue weighted by Crippen LogP contribution is 2.38. The summed E-state index contributed by atoms with van der Waals surface area (Å²) in [5.41, 5.74) is 5.02. The van der Waals surface area contributed by atoms with E-state index in [-0.39, 0.29) is 0 Å². The number of nitrogens with two attached hydrogens (primary N) is 1. The maximum Gasteiger partial charge on any atom is 0.147 e. The third-order valence-electron chi connectivity index (χ3n) is 5.28. The van der Waals surface area contributed by atoms with Gasteiger partial charge in [-0.3, -0.25) is 4.99 Å². The van der Waals surface area contributed by atoms with Gasteiger partial charge in [-0.2, -0.15) is 0 Å². The summed E-state index contributed by atoms with van der Waals surface area (Å²) in [4.78, 5) is 16.2. The summed E-state index contributed by atoms with van der Waals surface area (Å²) in [7, 11) is 0. The van der Waals surface area contributed by atoms with Gasteiger partial charge in [-0.15, -0.1) is 0 Å². The van der Waals surface area contributed by atoms with Crippen LogP contribution in [0.4, 0.5) is 0 Å². The van der Waals surface area contributed by atoms with Gasteiger partial charge in [0.25, 0.3) is 0 Å². The van der Waals surface area contributed by atoms with Gasteiger partial charge in [0, 0.05) is 0 Å². The van der Waals surface area contributed by atoms with Gasteiger partial charge in [0.15, 0.2) is 0 Å². The Morgan fingerprint density at radius 2 is 1.35 bits per heavy atom. The Balaban J connectivity index is 2.00. The number of rotatable bonds is 6. The molecule has 2 rings (SSSR count). The molecule has 0 unspecified atom stereocenters. The zero-order valence-electron chi connectivity index (χ0n) is 12.7. The normalized spacial score (nSPS) is 23.2. The van der Waals surface area contributed by atoms with Gasteiger partial charge in [-0.1, -0.05) is 64.2 Å². The second kappa shape index (κ2) is 7.80. The summed E-state index contributed by atoms with van der Waals surface area (Å²) in [5, 5.41) is 0. The molecule has 0 amide bonds. The Kier molecular flexibility index (Phi) is 6.06. The molecule has 0 atom stereocenters. The van der Waals surface area contributed by atoms with E-state index in [1.54, 1.807) is 0 Å². The van der Waals surface area contributed by atoms with Crippen molar-refractivity contribution in [1.82, 2.24) is 0 Å². The van der Waals surface area contributed by atoms with Crippen LogP contribution >= 0.6 is 0 Å². The van der Waals surface area contributed by atoms with Crippen molar-refractivity contribution in [2.45, 2.75) is 82.6 Å². The molecule has 2 aliphatic rings. The summed E-state index contributed by atoms with van der Waals surface area (Å²) in [6.07, 6.45) is 17.3. The van der Waals surface area contributed by atoms with Crippen LogP contribution in [0.15, 0.2) is 4.99 Å². The second-order valence-electron chi connectivity index (χ2n) is 6.92. The molecule has 3 heteroatoms. The summed E-state index contributed by atoms with van der Waals surface area (Å²) in [6, 6.07) is 0. The summed E-state index contributed by atoms with van der Waals surface area (Å²) in [6.45, 7) is 0. The molecule has 0 spiro atoms. The smallest absolute Gasteiger partial charge is 0.147 e. The van der Waals surface area contributed by atoms with Crippen LogP contribution in [0, 0.1) is 11.8 Å². The van der Waals surface area contributed by atoms with E-state index in [4.69, 9.17) is 5.73 Å². The SMILES string of the molecule is NC=NC(C=O)(CC1CCCCC1)CC1CCCCC1. The van der Waals surface area contributed by atoms with Crippen molar-refractivity contribution in [2.75, 3.05) is 0 Å². The molecule has 114 valence electrons. The average Bonchev–Trinajstić information content (AvgIpc) is 2.49. The number of hydrogen-bond acceptors (Lipinski definition) is 2. The standard InChI is InChI=1S/C17H30N2O/c18-14-19-17(13-20,11-15-7-3-1-4-8-15)12-16-9-5-2-6-10-16/h13-16H,1-12H2,(H2,18,19). The summed E-state index contributed by atoms with van der Waals surface area (Å²) >= 11 is 0. The van der Waals surface area contributed by atoms with Crippen LogP contribution in [-0.2, 0) is 4.79 Å². The first-order valence-corrected chi connectivity index (χ1v) is 8.50. The average molecular weight is 278 g/mol. The molecule has 2 saturated carbocycles. The highest BCUT2D eigenvalue weighted by molar-refractivity contribution is 5.68. The minimum atomic E-state index is -0.529. The zero-order chi connectivity index (χ0) is 14.3. The van der Waals surface area contributed by atoms with E-state index < -0.39 is 5.54 Å². The lowest BCUT2D eigenvalue weighted by atomic mass is 9.74. The van der Waals surface area contributed by atoms with Crippen molar-refractivity contribution in [3.63, 3.8) is 0 Å². The number of aldehydes is 1. The van der Waals surface area contributed by atoms with Gasteiger partial charge < -0.3 is 10.5 Å². The molecule has 0 saturated heterocycles. The Labute approximate surface area is 123 Å². The Hall–Kier alpha value is -0.860. The van der Waals surface area contributed by atoms with Crippen LogP contribution in [-0.4, -0.2) is 18.2 Å². The molecular weight excluding hydrogens is 248 g/mol. The number of hydrogen-bond donors (Lipinski definition) is 1. The summed E-state index contributed by atoms with van der Waals surface area (Å²) < 4.78 is 0. The number of carbonyl (C=O) groups excluding carboxylic acids is 1. The fourth-order valence-electron chi connectivity index (χ4n) is 4.25. The quantitative estimate of drug-likeness (QED) is 0.456. The van der Waals surface area contributed by atoms with Crippen molar-refractivity contribution in [2.24, 2.45) is 22.6 Å². The first kappa shape index (κ1) is 15.5. The maximum absolute atomic E-state index is 11.8. The maximum atomic E-state index is 11.8. The fourth-order valence-corrected chi connectivity index (χ4v) is 4.25. The Morgan fingerprint density at radius 3 is 1.70 bits per heavy atom. The van der Waals surface area contributed by atoms with Crippen LogP contribution in [0.2, 0.25) is 0 Å². The molecule has 2 N–H and O–H groups in total. The van der Waals surface area contributed by atoms with Gasteiger partial charge in [0.1, 0.15) is 11.8 Å². The largest absolute Gasteiger partial charge is 0.390 e. The molecule has 2 aliphatic carbocycles. The lowest BCUT2D eigenvalue weighted by molar-refractivity contribution is -0.113. The molecule has 0 aromatic rings. The molecule has 0 heterocycles. The van der Waals surface area contributed by atoms with Crippen LogP contribution < -0.4 is 5.73 Å². The van der Waals surface area contributed by atoms with Gasteiger partial charge in [0.05, 0.1) is 6.34 Å². The van der Waals surface area contributed by atoms with Crippen molar-refractivity contribution >= 4 is 12.6 Å². The third kappa shape index (κ3) is 4.32. The second-order valence-corrected chi connectivity index (χ2v) is 6.92. The van der Waals surface area contributed by atoms with E-state index in [1.165, 1.54) is 70.5 Å². The predicted molar refractivity (Wildman–Crippen MR) is 83.9 cm³/mol. The van der Waals surface area contributed by atoms with Crippen molar-refractivity contribution in [3.05, 3.63) is 0 Å². The van der Waals surface area contributed by atoms with Gasteiger partial charge in [-0.05, 0) is 24.7 Å². The van der Waals surface area contributed by atoms with Crippen LogP contribution in [0.3, 0.4) is 0 Å². The highest BCUT2D eigenvalue weighted by Gasteiger charge is 2.35. The topological polar surface area (TPSA) is 55.4 Å². The fraction of sp³-hybridized carbons (Fsp3) is 0.882. The molecule has 0 bridgehead atoms. The minimum Gasteiger partial charge on any atom is -0.390 e. The molecule has 0 aliphatic heterocycles. The number of aliphatic imine (C=N–C) groups is 1. The Bertz CT molecular complexity index is 295. The first-order chi connectivity index (χ1) is 9.78. The van der Waals surface area contributed by atoms with E-state index in [9.17, 15) is 4.79 Å². The molecule has 0 aromatic heterocycles. The molecule has 2 fully saturated rings. The third-order valence-corrected chi connectivity index (χ3v) is 5.28. The predicted octanol–water partition coefficient (Wildman–Crippen LogP) is 3.85. The minimum absolute atomic E-state index is 0.529. The lowest BCUT2D eigenvalue weighted by Gasteiger charge is -2.34. The monoisotopic (exact) mass is 278 g/mol. The molecule has 0 aromatic carbocycles. The molecule has 20 heavy (non-hydrogen) atoms.